The summed E-state index contributed by atoms with van der Waals surface area (Å²) in [6.07, 6.45) is 10.5. The zero-order valence-corrected chi connectivity index (χ0v) is 25.5. The van der Waals surface area contributed by atoms with Crippen LogP contribution in [-0.2, 0) is 6.42 Å². The van der Waals surface area contributed by atoms with Crippen molar-refractivity contribution in [1.82, 2.24) is 40.0 Å². The third-order valence-electron chi connectivity index (χ3n) is 7.86. The van der Waals surface area contributed by atoms with Crippen molar-refractivity contribution < 1.29 is 4.39 Å². The van der Waals surface area contributed by atoms with Crippen LogP contribution in [0.1, 0.15) is 17.5 Å². The lowest BCUT2D eigenvalue weighted by atomic mass is 10.0. The van der Waals surface area contributed by atoms with Crippen LogP contribution in [0, 0.1) is 5.82 Å². The summed E-state index contributed by atoms with van der Waals surface area (Å²) < 4.78 is 14.8. The normalized spacial score (nSPS) is 11.5. The van der Waals surface area contributed by atoms with Gasteiger partial charge in [0.05, 0.1) is 46.5 Å². The van der Waals surface area contributed by atoms with E-state index in [1.807, 2.05) is 62.6 Å². The number of aromatic nitrogens is 7. The fourth-order valence-corrected chi connectivity index (χ4v) is 5.60. The molecule has 0 fully saturated rings. The first kappa shape index (κ1) is 29.0. The van der Waals surface area contributed by atoms with Gasteiger partial charge in [-0.25, -0.2) is 9.37 Å². The number of pyridine rings is 3. The van der Waals surface area contributed by atoms with Crippen molar-refractivity contribution in [3.63, 3.8) is 0 Å². The molecule has 0 aliphatic rings. The molecule has 0 bridgehead atoms. The van der Waals surface area contributed by atoms with Crippen LogP contribution in [0.3, 0.4) is 0 Å². The van der Waals surface area contributed by atoms with Crippen LogP contribution in [0.15, 0.2) is 98.2 Å². The van der Waals surface area contributed by atoms with E-state index in [-0.39, 0.29) is 5.82 Å². The summed E-state index contributed by atoms with van der Waals surface area (Å²) in [4.78, 5) is 24.0. The number of aryl methyl sites for hydroxylation is 1. The molecular formula is C36H32FN9. The average molecular weight is 610 g/mol. The number of rotatable bonds is 10. The second-order valence-corrected chi connectivity index (χ2v) is 11.5. The SMILES string of the molecule is C=C(Nc1cncc(-c2cc3c(-c4nc5c(-c6cc(F)cc(CCCN(C)C)c6)cncc5[nH]4)n[nH]c3cn2)c1)c1ccccc1. The number of benzene rings is 2. The van der Waals surface area contributed by atoms with Gasteiger partial charge in [0.2, 0.25) is 0 Å². The average Bonchev–Trinajstić information content (AvgIpc) is 3.69. The van der Waals surface area contributed by atoms with Crippen LogP contribution < -0.4 is 5.32 Å². The number of imidazole rings is 1. The predicted molar refractivity (Wildman–Crippen MR) is 181 cm³/mol. The Morgan fingerprint density at radius 2 is 1.76 bits per heavy atom. The molecule has 0 aliphatic carbocycles. The van der Waals surface area contributed by atoms with Gasteiger partial charge in [0.15, 0.2) is 5.82 Å². The molecular weight excluding hydrogens is 577 g/mol. The van der Waals surface area contributed by atoms with E-state index in [2.05, 4.69) is 46.9 Å². The van der Waals surface area contributed by atoms with Crippen LogP contribution in [0.25, 0.3) is 61.5 Å². The first-order valence-electron chi connectivity index (χ1n) is 15.0. The van der Waals surface area contributed by atoms with Gasteiger partial charge >= 0.3 is 0 Å². The Bertz CT molecular complexity index is 2180. The van der Waals surface area contributed by atoms with Crippen LogP contribution in [0.2, 0.25) is 0 Å². The predicted octanol–water partition coefficient (Wildman–Crippen LogP) is 7.34. The molecule has 0 saturated heterocycles. The first-order valence-corrected chi connectivity index (χ1v) is 15.0. The molecule has 0 spiro atoms. The highest BCUT2D eigenvalue weighted by Crippen LogP contribution is 2.33. The molecule has 228 valence electrons. The molecule has 5 aromatic heterocycles. The molecule has 0 aliphatic heterocycles. The lowest BCUT2D eigenvalue weighted by molar-refractivity contribution is 0.400. The Labute approximate surface area is 265 Å². The molecule has 2 aromatic carbocycles. The van der Waals surface area contributed by atoms with E-state index in [9.17, 15) is 4.39 Å². The lowest BCUT2D eigenvalue weighted by Gasteiger charge is -2.10. The van der Waals surface area contributed by atoms with Crippen LogP contribution in [-0.4, -0.2) is 60.7 Å². The Morgan fingerprint density at radius 1 is 0.913 bits per heavy atom. The van der Waals surface area contributed by atoms with Gasteiger partial charge in [-0.3, -0.25) is 20.1 Å². The van der Waals surface area contributed by atoms with Gasteiger partial charge in [-0.15, -0.1) is 0 Å². The van der Waals surface area contributed by atoms with Gasteiger partial charge in [0.25, 0.3) is 0 Å². The number of anilines is 1. The van der Waals surface area contributed by atoms with Crippen LogP contribution in [0.4, 0.5) is 10.1 Å². The Hall–Kier alpha value is -5.74. The molecule has 0 atom stereocenters. The Morgan fingerprint density at radius 3 is 2.61 bits per heavy atom. The monoisotopic (exact) mass is 609 g/mol. The molecule has 10 heteroatoms. The summed E-state index contributed by atoms with van der Waals surface area (Å²) in [6.45, 7) is 5.10. The largest absolute Gasteiger partial charge is 0.354 e. The smallest absolute Gasteiger partial charge is 0.159 e. The van der Waals surface area contributed by atoms with E-state index in [1.54, 1.807) is 37.1 Å². The summed E-state index contributed by atoms with van der Waals surface area (Å²) in [6, 6.07) is 19.1. The van der Waals surface area contributed by atoms with E-state index in [0.29, 0.717) is 17.0 Å². The van der Waals surface area contributed by atoms with Crippen LogP contribution in [0.5, 0.6) is 0 Å². The summed E-state index contributed by atoms with van der Waals surface area (Å²) in [5, 5.41) is 11.8. The number of hydrogen-bond donors (Lipinski definition) is 3. The van der Waals surface area contributed by atoms with Crippen molar-refractivity contribution in [2.45, 2.75) is 12.8 Å². The fourth-order valence-electron chi connectivity index (χ4n) is 5.60. The van der Waals surface area contributed by atoms with Gasteiger partial charge in [0.1, 0.15) is 11.5 Å². The van der Waals surface area contributed by atoms with Crippen molar-refractivity contribution in [2.75, 3.05) is 26.0 Å². The highest BCUT2D eigenvalue weighted by Gasteiger charge is 2.17. The van der Waals surface area contributed by atoms with Crippen molar-refractivity contribution in [2.24, 2.45) is 0 Å². The zero-order chi connectivity index (χ0) is 31.6. The molecule has 9 nitrogen and oxygen atoms in total. The molecule has 7 rings (SSSR count). The van der Waals surface area contributed by atoms with Crippen molar-refractivity contribution >= 4 is 33.3 Å². The van der Waals surface area contributed by atoms with Gasteiger partial charge < -0.3 is 15.2 Å². The van der Waals surface area contributed by atoms with Gasteiger partial charge in [-0.05, 0) is 74.4 Å². The summed E-state index contributed by atoms with van der Waals surface area (Å²) in [5.74, 6) is 0.296. The number of H-pyrrole nitrogens is 2. The molecule has 0 unspecified atom stereocenters. The van der Waals surface area contributed by atoms with Crippen molar-refractivity contribution in [1.29, 1.82) is 0 Å². The Kier molecular flexibility index (Phi) is 7.78. The first-order chi connectivity index (χ1) is 22.4. The number of nitrogens with one attached hydrogen (secondary N) is 3. The second kappa shape index (κ2) is 12.3. The minimum atomic E-state index is -0.276. The van der Waals surface area contributed by atoms with E-state index >= 15 is 0 Å². The molecule has 7 aromatic rings. The number of nitrogens with zero attached hydrogens (tertiary/aromatic N) is 6. The third-order valence-corrected chi connectivity index (χ3v) is 7.86. The summed E-state index contributed by atoms with van der Waals surface area (Å²) >= 11 is 0. The molecule has 0 amide bonds. The minimum absolute atomic E-state index is 0.276. The van der Waals surface area contributed by atoms with E-state index in [4.69, 9.17) is 4.98 Å². The topological polar surface area (TPSA) is 111 Å². The lowest BCUT2D eigenvalue weighted by Crippen LogP contribution is -2.13. The van der Waals surface area contributed by atoms with Gasteiger partial charge in [-0.1, -0.05) is 43.0 Å². The zero-order valence-electron chi connectivity index (χ0n) is 25.5. The quantitative estimate of drug-likeness (QED) is 0.149. The number of halogens is 1. The van der Waals surface area contributed by atoms with Gasteiger partial charge in [0, 0.05) is 34.6 Å². The highest BCUT2D eigenvalue weighted by molar-refractivity contribution is 5.97. The van der Waals surface area contributed by atoms with E-state index in [0.717, 1.165) is 80.7 Å². The standard InChI is InChI=1S/C36H32FN9/c1-22(24-9-5-4-6-10-24)41-28-15-26(17-38-18-28)31-16-29-32(21-40-31)44-45-35(29)36-42-33-20-39-19-30(34(33)43-36)25-12-23(13-27(37)14-25)8-7-11-46(2)3/h4-6,9-10,12-21,41H,1,7-8,11H2,2-3H3,(H,42,43)(H,44,45). The number of aromatic amines is 2. The van der Waals surface area contributed by atoms with Gasteiger partial charge in [-0.2, -0.15) is 5.10 Å². The third kappa shape index (κ3) is 5.98. The number of hydrogen-bond acceptors (Lipinski definition) is 7. The molecule has 3 N–H and O–H groups in total. The summed E-state index contributed by atoms with van der Waals surface area (Å²) in [5.41, 5.74) is 9.43. The maximum atomic E-state index is 14.8. The molecule has 5 heterocycles. The molecule has 0 saturated carbocycles. The van der Waals surface area contributed by atoms with Crippen molar-refractivity contribution in [3.8, 4) is 33.9 Å². The van der Waals surface area contributed by atoms with E-state index < -0.39 is 0 Å². The summed E-state index contributed by atoms with van der Waals surface area (Å²) in [7, 11) is 4.08. The van der Waals surface area contributed by atoms with E-state index in [1.165, 1.54) is 6.07 Å². The fraction of sp³-hybridized carbons (Fsp3) is 0.139. The second-order valence-electron chi connectivity index (χ2n) is 11.5. The number of fused-ring (bicyclic) bond motifs is 2. The minimum Gasteiger partial charge on any atom is -0.354 e. The maximum absolute atomic E-state index is 14.8. The molecule has 46 heavy (non-hydrogen) atoms. The maximum Gasteiger partial charge on any atom is 0.159 e. The highest BCUT2D eigenvalue weighted by atomic mass is 19.1. The molecule has 0 radical (unpaired) electrons. The van der Waals surface area contributed by atoms with Crippen molar-refractivity contribution in [3.05, 3.63) is 115 Å². The Balaban J connectivity index is 1.21. The van der Waals surface area contributed by atoms with Crippen LogP contribution >= 0.6 is 0 Å².